The average molecular weight is 440 g/mol. The van der Waals surface area contributed by atoms with E-state index in [-0.39, 0.29) is 17.1 Å². The van der Waals surface area contributed by atoms with Crippen molar-refractivity contribution in [3.05, 3.63) is 67.8 Å². The summed E-state index contributed by atoms with van der Waals surface area (Å²) in [6.45, 7) is 10.3. The Labute approximate surface area is 185 Å². The molecule has 0 radical (unpaired) electrons. The molecule has 4 nitrogen and oxygen atoms in total. The third-order valence-electron chi connectivity index (χ3n) is 5.70. The highest BCUT2D eigenvalue weighted by molar-refractivity contribution is 7.99. The summed E-state index contributed by atoms with van der Waals surface area (Å²) in [5.41, 5.74) is 5.21. The van der Waals surface area contributed by atoms with Crippen LogP contribution in [0.1, 0.15) is 50.3 Å². The molecule has 0 amide bonds. The minimum Gasteiger partial charge on any atom is -0.293 e. The van der Waals surface area contributed by atoms with Crippen molar-refractivity contribution in [2.24, 2.45) is 0 Å². The number of hydrogen-bond acceptors (Lipinski definition) is 4. The summed E-state index contributed by atoms with van der Waals surface area (Å²) < 4.78 is 1.73. The normalized spacial score (nSPS) is 13.4. The smallest absolute Gasteiger partial charge is 0.293 e. The van der Waals surface area contributed by atoms with Gasteiger partial charge in [-0.1, -0.05) is 41.7 Å². The van der Waals surface area contributed by atoms with Gasteiger partial charge in [0.05, 0.1) is 5.75 Å². The Kier molecular flexibility index (Phi) is 5.98. The number of rotatable bonds is 6. The van der Waals surface area contributed by atoms with Crippen molar-refractivity contribution in [3.8, 4) is 0 Å². The number of nitrogens with one attached hydrogen (secondary N) is 1. The number of carbonyl (C=O) groups excluding carboxylic acids is 1. The lowest BCUT2D eigenvalue weighted by Crippen LogP contribution is -2.30. The zero-order chi connectivity index (χ0) is 21.4. The van der Waals surface area contributed by atoms with Crippen molar-refractivity contribution in [2.75, 3.05) is 5.75 Å². The summed E-state index contributed by atoms with van der Waals surface area (Å²) in [7, 11) is 0. The molecule has 0 saturated carbocycles. The number of aryl methyl sites for hydroxylation is 5. The van der Waals surface area contributed by atoms with Crippen molar-refractivity contribution in [2.45, 2.75) is 58.2 Å². The van der Waals surface area contributed by atoms with Crippen LogP contribution in [0.3, 0.4) is 0 Å². The van der Waals surface area contributed by atoms with E-state index in [9.17, 15) is 9.59 Å². The number of ketones is 1. The highest BCUT2D eigenvalue weighted by Gasteiger charge is 2.26. The topological polar surface area (TPSA) is 53.2 Å². The number of nitrogens with zero attached hydrogens (tertiary/aromatic N) is 1. The largest absolute Gasteiger partial charge is 0.347 e. The van der Waals surface area contributed by atoms with Crippen LogP contribution in [-0.2, 0) is 19.4 Å². The van der Waals surface area contributed by atoms with Gasteiger partial charge in [0.25, 0.3) is 0 Å². The van der Waals surface area contributed by atoms with E-state index in [0.717, 1.165) is 56.9 Å². The van der Waals surface area contributed by atoms with Crippen molar-refractivity contribution >= 4 is 39.1 Å². The molecule has 0 atom stereocenters. The number of thioether (sulfide) groups is 1. The van der Waals surface area contributed by atoms with Crippen molar-refractivity contribution in [3.63, 3.8) is 0 Å². The Morgan fingerprint density at radius 3 is 2.63 bits per heavy atom. The number of allylic oxidation sites excluding steroid dienone is 1. The van der Waals surface area contributed by atoms with Crippen molar-refractivity contribution in [1.82, 2.24) is 4.57 Å². The molecule has 0 unspecified atom stereocenters. The van der Waals surface area contributed by atoms with Crippen LogP contribution < -0.4 is 10.5 Å². The molecule has 0 aliphatic heterocycles. The van der Waals surface area contributed by atoms with Crippen LogP contribution in [-0.4, -0.2) is 16.1 Å². The summed E-state index contributed by atoms with van der Waals surface area (Å²) in [6.07, 6.45) is 6.09. The molecule has 30 heavy (non-hydrogen) atoms. The molecule has 2 heterocycles. The molecular formula is C24H27N2O2S2+. The zero-order valence-corrected chi connectivity index (χ0v) is 19.4. The minimum absolute atomic E-state index is 0.0284. The van der Waals surface area contributed by atoms with Crippen LogP contribution in [0.25, 0.3) is 10.2 Å². The fraction of sp³-hybridized carbons (Fsp3) is 0.375. The molecule has 0 bridgehead atoms. The second kappa shape index (κ2) is 8.52. The van der Waals surface area contributed by atoms with Gasteiger partial charge in [-0.3, -0.25) is 4.79 Å². The number of benzene rings is 1. The molecule has 0 fully saturated rings. The molecule has 3 aromatic rings. The predicted molar refractivity (Wildman–Crippen MR) is 125 cm³/mol. The van der Waals surface area contributed by atoms with Crippen LogP contribution in [0.5, 0.6) is 0 Å². The summed E-state index contributed by atoms with van der Waals surface area (Å²) in [6, 6.07) is 4.10. The quantitative estimate of drug-likeness (QED) is 0.239. The zero-order valence-electron chi connectivity index (χ0n) is 17.8. The van der Waals surface area contributed by atoms with E-state index < -0.39 is 0 Å². The molecular weight excluding hydrogens is 412 g/mol. The number of thiophene rings is 1. The highest BCUT2D eigenvalue weighted by Crippen LogP contribution is 2.33. The first kappa shape index (κ1) is 21.1. The Morgan fingerprint density at radius 2 is 1.93 bits per heavy atom. The highest BCUT2D eigenvalue weighted by atomic mass is 32.2. The summed E-state index contributed by atoms with van der Waals surface area (Å²) in [4.78, 5) is 32.1. The van der Waals surface area contributed by atoms with Gasteiger partial charge in [0, 0.05) is 10.4 Å². The predicted octanol–water partition coefficient (Wildman–Crippen LogP) is 4.84. The molecule has 1 aliphatic rings. The Hall–Kier alpha value is -2.18. The van der Waals surface area contributed by atoms with Crippen LogP contribution in [0.15, 0.2) is 34.7 Å². The maximum Gasteiger partial charge on any atom is 0.347 e. The van der Waals surface area contributed by atoms with E-state index in [2.05, 4.69) is 11.6 Å². The molecule has 0 saturated heterocycles. The maximum atomic E-state index is 13.3. The third-order valence-corrected chi connectivity index (χ3v) is 7.91. The lowest BCUT2D eigenvalue weighted by molar-refractivity contribution is -0.404. The fourth-order valence-electron chi connectivity index (χ4n) is 4.51. The fourth-order valence-corrected chi connectivity index (χ4v) is 6.75. The van der Waals surface area contributed by atoms with Crippen LogP contribution in [0, 0.1) is 20.8 Å². The molecule has 2 aromatic heterocycles. The summed E-state index contributed by atoms with van der Waals surface area (Å²) in [5, 5.41) is 1.55. The molecule has 0 spiro atoms. The molecule has 6 heteroatoms. The Balaban J connectivity index is 1.70. The van der Waals surface area contributed by atoms with Crippen molar-refractivity contribution in [1.29, 1.82) is 0 Å². The number of Topliss-reactive ketones (excluding diaryl/α,β-unsaturated/α-hetero) is 1. The van der Waals surface area contributed by atoms with Gasteiger partial charge in [-0.15, -0.1) is 0 Å². The number of carbonyl (C=O) groups is 1. The molecule has 4 rings (SSSR count). The monoisotopic (exact) mass is 439 g/mol. The van der Waals surface area contributed by atoms with Crippen molar-refractivity contribution < 1.29 is 9.78 Å². The lowest BCUT2D eigenvalue weighted by atomic mass is 9.97. The Bertz CT molecular complexity index is 1200. The van der Waals surface area contributed by atoms with Gasteiger partial charge >= 0.3 is 10.7 Å². The van der Waals surface area contributed by atoms with Crippen LogP contribution >= 0.6 is 23.1 Å². The van der Waals surface area contributed by atoms with Gasteiger partial charge in [-0.25, -0.2) is 9.78 Å². The number of aromatic nitrogens is 2. The SMILES string of the molecule is C=CCn1c(SCC(=O)c2c(C)cc(C)cc2C)[nH+]c2sc3c(c2c1=O)CCCC3. The molecule has 1 aromatic carbocycles. The van der Waals surface area contributed by atoms with E-state index in [1.807, 2.05) is 32.9 Å². The molecule has 1 aliphatic carbocycles. The minimum atomic E-state index is 0.0284. The second-order valence-corrected chi connectivity index (χ2v) is 10.1. The second-order valence-electron chi connectivity index (χ2n) is 8.04. The first-order valence-corrected chi connectivity index (χ1v) is 12.2. The van der Waals surface area contributed by atoms with Crippen LogP contribution in [0.2, 0.25) is 0 Å². The molecule has 156 valence electrons. The van der Waals surface area contributed by atoms with E-state index in [4.69, 9.17) is 0 Å². The van der Waals surface area contributed by atoms with E-state index in [0.29, 0.717) is 6.54 Å². The number of aromatic amines is 1. The number of fused-ring (bicyclic) bond motifs is 3. The number of hydrogen-bond donors (Lipinski definition) is 0. The summed E-state index contributed by atoms with van der Waals surface area (Å²) in [5.74, 6) is 0.376. The van der Waals surface area contributed by atoms with Gasteiger partial charge in [0.2, 0.25) is 0 Å². The van der Waals surface area contributed by atoms with Gasteiger partial charge in [-0.2, -0.15) is 4.57 Å². The molecule has 1 N–H and O–H groups in total. The van der Waals surface area contributed by atoms with Gasteiger partial charge in [0.1, 0.15) is 11.9 Å². The van der Waals surface area contributed by atoms with E-state index >= 15 is 0 Å². The maximum absolute atomic E-state index is 13.3. The standard InChI is InChI=1S/C24H26N2O2S2/c1-5-10-26-23(28)21-17-8-6-7-9-19(17)30-22(21)25-24(26)29-13-18(27)20-15(3)11-14(2)12-16(20)4/h5,11-12H,1,6-10,13H2,2-4H3/p+1. The summed E-state index contributed by atoms with van der Waals surface area (Å²) >= 11 is 3.10. The first-order valence-electron chi connectivity index (χ1n) is 10.4. The van der Waals surface area contributed by atoms with Crippen LogP contribution in [0.4, 0.5) is 0 Å². The van der Waals surface area contributed by atoms with Gasteiger partial charge < -0.3 is 0 Å². The van der Waals surface area contributed by atoms with E-state index in [1.165, 1.54) is 28.6 Å². The van der Waals surface area contributed by atoms with E-state index in [1.54, 1.807) is 22.0 Å². The third kappa shape index (κ3) is 3.79. The number of H-pyrrole nitrogens is 1. The Morgan fingerprint density at radius 1 is 1.23 bits per heavy atom. The average Bonchev–Trinajstić information content (AvgIpc) is 3.06. The van der Waals surface area contributed by atoms with Gasteiger partial charge in [-0.05, 0) is 74.9 Å². The first-order chi connectivity index (χ1) is 14.4. The lowest BCUT2D eigenvalue weighted by Gasteiger charge is -2.10. The van der Waals surface area contributed by atoms with Gasteiger partial charge in [0.15, 0.2) is 10.6 Å².